The zero-order chi connectivity index (χ0) is 13.2. The minimum Gasteiger partial charge on any atom is -0.314 e. The van der Waals surface area contributed by atoms with Gasteiger partial charge in [0.1, 0.15) is 5.82 Å². The monoisotopic (exact) mass is 283 g/mol. The molecule has 2 aliphatic rings. The Kier molecular flexibility index (Phi) is 4.03. The summed E-state index contributed by atoms with van der Waals surface area (Å²) in [6.45, 7) is 7.11. The van der Waals surface area contributed by atoms with Crippen LogP contribution < -0.4 is 5.32 Å². The minimum absolute atomic E-state index is 0.196. The molecular weight excluding hydrogens is 265 g/mol. The van der Waals surface area contributed by atoms with Crippen molar-refractivity contribution in [2.24, 2.45) is 0 Å². The van der Waals surface area contributed by atoms with Gasteiger partial charge in [-0.3, -0.25) is 9.80 Å². The summed E-state index contributed by atoms with van der Waals surface area (Å²) in [6.07, 6.45) is 0. The molecule has 104 valence electrons. The highest BCUT2D eigenvalue weighted by atomic mass is 35.5. The van der Waals surface area contributed by atoms with Gasteiger partial charge in [0.2, 0.25) is 0 Å². The molecule has 3 rings (SSSR count). The molecule has 1 aromatic carbocycles. The first-order chi connectivity index (χ1) is 9.22. The fourth-order valence-electron chi connectivity index (χ4n) is 2.71. The Bertz CT molecular complexity index is 442. The van der Waals surface area contributed by atoms with Gasteiger partial charge < -0.3 is 5.32 Å². The third-order valence-corrected chi connectivity index (χ3v) is 4.33. The smallest absolute Gasteiger partial charge is 0.129 e. The van der Waals surface area contributed by atoms with Crippen LogP contribution >= 0.6 is 11.6 Å². The van der Waals surface area contributed by atoms with E-state index in [4.69, 9.17) is 11.6 Å². The molecule has 19 heavy (non-hydrogen) atoms. The van der Waals surface area contributed by atoms with Crippen LogP contribution in [0.3, 0.4) is 0 Å². The summed E-state index contributed by atoms with van der Waals surface area (Å²) in [5.74, 6) is -0.196. The van der Waals surface area contributed by atoms with Gasteiger partial charge in [-0.1, -0.05) is 17.7 Å². The van der Waals surface area contributed by atoms with Crippen LogP contribution in [-0.2, 0) is 6.54 Å². The number of hydrogen-bond donors (Lipinski definition) is 1. The summed E-state index contributed by atoms with van der Waals surface area (Å²) >= 11 is 5.77. The van der Waals surface area contributed by atoms with E-state index < -0.39 is 0 Å². The molecule has 2 heterocycles. The van der Waals surface area contributed by atoms with Crippen molar-refractivity contribution in [3.05, 3.63) is 34.6 Å². The second-order valence-electron chi connectivity index (χ2n) is 5.36. The summed E-state index contributed by atoms with van der Waals surface area (Å²) in [6, 6.07) is 5.66. The minimum atomic E-state index is -0.196. The van der Waals surface area contributed by atoms with Crippen molar-refractivity contribution < 1.29 is 4.39 Å². The van der Waals surface area contributed by atoms with Crippen molar-refractivity contribution >= 4 is 11.6 Å². The molecule has 2 saturated heterocycles. The molecule has 0 bridgehead atoms. The van der Waals surface area contributed by atoms with Crippen LogP contribution in [0.2, 0.25) is 5.02 Å². The van der Waals surface area contributed by atoms with E-state index in [1.807, 2.05) is 0 Å². The van der Waals surface area contributed by atoms with Gasteiger partial charge in [0, 0.05) is 62.4 Å². The van der Waals surface area contributed by atoms with Crippen molar-refractivity contribution in [1.29, 1.82) is 0 Å². The van der Waals surface area contributed by atoms with Crippen LogP contribution in [-0.4, -0.2) is 55.1 Å². The lowest BCUT2D eigenvalue weighted by molar-refractivity contribution is 0.0691. The van der Waals surface area contributed by atoms with Crippen LogP contribution in [0.1, 0.15) is 5.56 Å². The molecule has 3 nitrogen and oxygen atoms in total. The second-order valence-corrected chi connectivity index (χ2v) is 5.80. The maximum absolute atomic E-state index is 13.7. The predicted molar refractivity (Wildman–Crippen MR) is 74.9 cm³/mol. The standard InChI is InChI=1S/C14H19ClFN3/c15-12-2-1-11(14(16)7-12)10-18-3-5-19(6-4-18)13-8-17-9-13/h1-2,7,13,17H,3-6,8-10H2. The van der Waals surface area contributed by atoms with E-state index >= 15 is 0 Å². The molecule has 2 fully saturated rings. The van der Waals surface area contributed by atoms with E-state index in [9.17, 15) is 4.39 Å². The van der Waals surface area contributed by atoms with Crippen molar-refractivity contribution in [3.63, 3.8) is 0 Å². The molecular formula is C14H19ClFN3. The number of piperazine rings is 1. The lowest BCUT2D eigenvalue weighted by Gasteiger charge is -2.43. The normalized spacial score (nSPS) is 22.4. The van der Waals surface area contributed by atoms with Crippen LogP contribution in [0.15, 0.2) is 18.2 Å². The molecule has 0 aromatic heterocycles. The average molecular weight is 284 g/mol. The maximum Gasteiger partial charge on any atom is 0.129 e. The summed E-state index contributed by atoms with van der Waals surface area (Å²) in [5, 5.41) is 3.77. The predicted octanol–water partition coefficient (Wildman–Crippen LogP) is 1.57. The van der Waals surface area contributed by atoms with Crippen LogP contribution in [0.5, 0.6) is 0 Å². The quantitative estimate of drug-likeness (QED) is 0.908. The molecule has 0 spiro atoms. The zero-order valence-electron chi connectivity index (χ0n) is 10.9. The SMILES string of the molecule is Fc1cc(Cl)ccc1CN1CCN(C2CNC2)CC1. The molecule has 2 aliphatic heterocycles. The molecule has 0 atom stereocenters. The number of nitrogens with zero attached hydrogens (tertiary/aromatic N) is 2. The van der Waals surface area contributed by atoms with E-state index in [2.05, 4.69) is 15.1 Å². The molecule has 0 radical (unpaired) electrons. The van der Waals surface area contributed by atoms with Gasteiger partial charge in [0.25, 0.3) is 0 Å². The molecule has 1 aromatic rings. The first-order valence-electron chi connectivity index (χ1n) is 6.83. The summed E-state index contributed by atoms with van der Waals surface area (Å²) < 4.78 is 13.7. The van der Waals surface area contributed by atoms with Gasteiger partial charge in [0.15, 0.2) is 0 Å². The van der Waals surface area contributed by atoms with E-state index in [0.717, 1.165) is 50.9 Å². The van der Waals surface area contributed by atoms with Crippen molar-refractivity contribution in [2.75, 3.05) is 39.3 Å². The van der Waals surface area contributed by atoms with Gasteiger partial charge in [0.05, 0.1) is 0 Å². The highest BCUT2D eigenvalue weighted by Crippen LogP contribution is 2.18. The number of benzene rings is 1. The van der Waals surface area contributed by atoms with E-state index in [1.165, 1.54) is 6.07 Å². The summed E-state index contributed by atoms with van der Waals surface area (Å²) in [4.78, 5) is 4.85. The number of nitrogens with one attached hydrogen (secondary N) is 1. The lowest BCUT2D eigenvalue weighted by Crippen LogP contribution is -2.61. The Morgan fingerprint density at radius 3 is 2.53 bits per heavy atom. The van der Waals surface area contributed by atoms with Gasteiger partial charge in [-0.15, -0.1) is 0 Å². The van der Waals surface area contributed by atoms with Crippen LogP contribution in [0, 0.1) is 5.82 Å². The topological polar surface area (TPSA) is 18.5 Å². The van der Waals surface area contributed by atoms with Gasteiger partial charge in [-0.2, -0.15) is 0 Å². The first kappa shape index (κ1) is 13.3. The summed E-state index contributed by atoms with van der Waals surface area (Å²) in [5.41, 5.74) is 0.739. The Morgan fingerprint density at radius 1 is 1.21 bits per heavy atom. The highest BCUT2D eigenvalue weighted by Gasteiger charge is 2.27. The molecule has 1 N–H and O–H groups in total. The Balaban J connectivity index is 1.54. The number of rotatable bonds is 3. The molecule has 0 saturated carbocycles. The van der Waals surface area contributed by atoms with Crippen LogP contribution in [0.4, 0.5) is 4.39 Å². The molecule has 5 heteroatoms. The largest absolute Gasteiger partial charge is 0.314 e. The van der Waals surface area contributed by atoms with Crippen LogP contribution in [0.25, 0.3) is 0 Å². The second kappa shape index (κ2) is 5.75. The lowest BCUT2D eigenvalue weighted by atomic mass is 10.1. The zero-order valence-corrected chi connectivity index (χ0v) is 11.7. The Morgan fingerprint density at radius 2 is 1.95 bits per heavy atom. The number of hydrogen-bond acceptors (Lipinski definition) is 3. The average Bonchev–Trinajstić information content (AvgIpc) is 2.33. The Labute approximate surface area is 118 Å². The van der Waals surface area contributed by atoms with Crippen molar-refractivity contribution in [3.8, 4) is 0 Å². The van der Waals surface area contributed by atoms with Gasteiger partial charge in [-0.25, -0.2) is 4.39 Å². The highest BCUT2D eigenvalue weighted by molar-refractivity contribution is 6.30. The van der Waals surface area contributed by atoms with Gasteiger partial charge in [-0.05, 0) is 12.1 Å². The first-order valence-corrected chi connectivity index (χ1v) is 7.21. The fraction of sp³-hybridized carbons (Fsp3) is 0.571. The number of halogens is 2. The molecule has 0 unspecified atom stereocenters. The van der Waals surface area contributed by atoms with E-state index in [-0.39, 0.29) is 5.82 Å². The summed E-state index contributed by atoms with van der Waals surface area (Å²) in [7, 11) is 0. The van der Waals surface area contributed by atoms with E-state index in [0.29, 0.717) is 11.6 Å². The van der Waals surface area contributed by atoms with E-state index in [1.54, 1.807) is 12.1 Å². The van der Waals surface area contributed by atoms with Crippen molar-refractivity contribution in [1.82, 2.24) is 15.1 Å². The third-order valence-electron chi connectivity index (χ3n) is 4.09. The maximum atomic E-state index is 13.7. The molecule has 0 amide bonds. The fourth-order valence-corrected chi connectivity index (χ4v) is 2.87. The van der Waals surface area contributed by atoms with Crippen molar-refractivity contribution in [2.45, 2.75) is 12.6 Å². The third kappa shape index (κ3) is 3.08. The Hall–Kier alpha value is -0.680. The molecule has 0 aliphatic carbocycles. The van der Waals surface area contributed by atoms with Gasteiger partial charge >= 0.3 is 0 Å².